The summed E-state index contributed by atoms with van der Waals surface area (Å²) in [5.41, 5.74) is -0.520. The average Bonchev–Trinajstić information content (AvgIpc) is 3.35. The number of hydrogen-bond acceptors (Lipinski definition) is 23. The molecule has 0 bridgehead atoms. The second-order valence-corrected chi connectivity index (χ2v) is 15.4. The van der Waals surface area contributed by atoms with Crippen LogP contribution < -0.4 is 5.32 Å². The maximum absolute atomic E-state index is 11.5. The number of carbonyl (C=O) groups excluding carboxylic acids is 1. The Morgan fingerprint density at radius 1 is 0.268 bits per heavy atom. The van der Waals surface area contributed by atoms with Gasteiger partial charge in [-0.3, -0.25) is 0 Å². The van der Waals surface area contributed by atoms with Crippen molar-refractivity contribution in [2.24, 2.45) is 0 Å². The highest BCUT2D eigenvalue weighted by Crippen LogP contribution is 2.06. The molecule has 0 atom stereocenters. The van der Waals surface area contributed by atoms with Crippen LogP contribution in [0.5, 0.6) is 0 Å². The quantitative estimate of drug-likeness (QED) is 0.0802. The molecule has 24 nitrogen and oxygen atoms in total. The molecule has 0 unspecified atom stereocenters. The third kappa shape index (κ3) is 66.4. The predicted molar refractivity (Wildman–Crippen MR) is 258 cm³/mol. The standard InChI is InChI=1S/C47H95NO23/c1-47(2,3)71-46(50)48-4-6-51-8-10-53-12-14-55-16-18-57-20-22-59-24-26-61-28-30-63-32-34-65-36-38-67-40-42-69-44-45-70-43-41-68-39-37-66-35-33-64-31-29-62-27-25-60-23-21-58-19-17-56-15-13-54-11-9-52-7-5-49/h49H,4-45H2,1-3H3,(H,48,50). The molecule has 0 radical (unpaired) electrons. The predicted octanol–water partition coefficient (Wildman–Crippen LogP) is 0.835. The van der Waals surface area contributed by atoms with Gasteiger partial charge in [-0.25, -0.2) is 4.79 Å². The van der Waals surface area contributed by atoms with Crippen molar-refractivity contribution in [2.75, 3.05) is 277 Å². The SMILES string of the molecule is CC(C)(C)OC(=O)NCCOCCOCCOCCOCCOCCOCCOCCOCCOCCOCCOCCOCCOCCOCCOCCOCCOCCOCCOCCOCCO. The zero-order chi connectivity index (χ0) is 51.3. The van der Waals surface area contributed by atoms with E-state index in [0.29, 0.717) is 271 Å². The summed E-state index contributed by atoms with van der Waals surface area (Å²) in [6.07, 6.45) is -0.458. The molecule has 0 saturated heterocycles. The first-order valence-electron chi connectivity index (χ1n) is 25.1. The fourth-order valence-electron chi connectivity index (χ4n) is 4.88. The Morgan fingerprint density at radius 3 is 0.549 bits per heavy atom. The molecular formula is C47H95NO23. The van der Waals surface area contributed by atoms with E-state index in [2.05, 4.69) is 5.32 Å². The molecule has 0 aliphatic heterocycles. The Balaban J connectivity index is 3.09. The lowest BCUT2D eigenvalue weighted by Crippen LogP contribution is -2.34. The summed E-state index contributed by atoms with van der Waals surface area (Å²) in [4.78, 5) is 11.5. The fraction of sp³-hybridized carbons (Fsp3) is 0.979. The summed E-state index contributed by atoms with van der Waals surface area (Å²) in [7, 11) is 0. The molecule has 24 heteroatoms. The van der Waals surface area contributed by atoms with Gasteiger partial charge in [0.05, 0.1) is 271 Å². The summed E-state index contributed by atoms with van der Waals surface area (Å²) >= 11 is 0. The molecule has 0 fully saturated rings. The van der Waals surface area contributed by atoms with E-state index in [0.717, 1.165) is 0 Å². The second-order valence-electron chi connectivity index (χ2n) is 15.4. The molecule has 0 aromatic heterocycles. The van der Waals surface area contributed by atoms with Gasteiger partial charge >= 0.3 is 6.09 Å². The topological polar surface area (TPSA) is 243 Å². The molecule has 0 saturated carbocycles. The number of rotatable bonds is 62. The van der Waals surface area contributed by atoms with Crippen molar-refractivity contribution in [2.45, 2.75) is 26.4 Å². The smallest absolute Gasteiger partial charge is 0.407 e. The lowest BCUT2D eigenvalue weighted by atomic mass is 10.2. The molecule has 1 amide bonds. The third-order valence-corrected chi connectivity index (χ3v) is 8.22. The first kappa shape index (κ1) is 69.4. The molecule has 0 heterocycles. The molecule has 0 rings (SSSR count). The highest BCUT2D eigenvalue weighted by molar-refractivity contribution is 5.67. The Bertz CT molecular complexity index is 1010. The zero-order valence-corrected chi connectivity index (χ0v) is 43.6. The number of aliphatic hydroxyl groups is 1. The van der Waals surface area contributed by atoms with Crippen LogP contribution in [-0.4, -0.2) is 294 Å². The van der Waals surface area contributed by atoms with Gasteiger partial charge in [0.1, 0.15) is 5.60 Å². The van der Waals surface area contributed by atoms with Gasteiger partial charge in [-0.05, 0) is 20.8 Å². The second kappa shape index (κ2) is 61.0. The molecule has 0 spiro atoms. The largest absolute Gasteiger partial charge is 0.444 e. The first-order valence-corrected chi connectivity index (χ1v) is 25.1. The van der Waals surface area contributed by atoms with Crippen LogP contribution in [0.1, 0.15) is 20.8 Å². The molecular weight excluding hydrogens is 947 g/mol. The Morgan fingerprint density at radius 2 is 0.408 bits per heavy atom. The van der Waals surface area contributed by atoms with Crippen molar-refractivity contribution >= 4 is 6.09 Å². The van der Waals surface area contributed by atoms with Crippen molar-refractivity contribution in [3.63, 3.8) is 0 Å². The first-order chi connectivity index (χ1) is 35.0. The normalized spacial score (nSPS) is 11.8. The zero-order valence-electron chi connectivity index (χ0n) is 43.6. The van der Waals surface area contributed by atoms with E-state index in [9.17, 15) is 4.79 Å². The maximum Gasteiger partial charge on any atom is 0.407 e. The summed E-state index contributed by atoms with van der Waals surface area (Å²) in [6.45, 7) is 24.8. The van der Waals surface area contributed by atoms with Crippen LogP contribution in [0.25, 0.3) is 0 Å². The number of aliphatic hydroxyl groups excluding tert-OH is 1. The number of alkyl carbamates (subject to hydrolysis) is 1. The minimum atomic E-state index is -0.520. The van der Waals surface area contributed by atoms with Crippen LogP contribution in [0.4, 0.5) is 4.79 Å². The van der Waals surface area contributed by atoms with Gasteiger partial charge in [-0.2, -0.15) is 0 Å². The third-order valence-electron chi connectivity index (χ3n) is 8.22. The fourth-order valence-corrected chi connectivity index (χ4v) is 4.88. The van der Waals surface area contributed by atoms with Gasteiger partial charge < -0.3 is 110 Å². The molecule has 0 aromatic rings. The van der Waals surface area contributed by atoms with Crippen LogP contribution in [0.3, 0.4) is 0 Å². The Kier molecular flexibility index (Phi) is 59.6. The van der Waals surface area contributed by atoms with Crippen molar-refractivity contribution in [1.82, 2.24) is 5.32 Å². The minimum absolute atomic E-state index is 0.0180. The summed E-state index contributed by atoms with van der Waals surface area (Å²) in [6, 6.07) is 0. The number of ether oxygens (including phenoxy) is 21. The van der Waals surface area contributed by atoms with Crippen molar-refractivity contribution < 1.29 is 109 Å². The van der Waals surface area contributed by atoms with E-state index in [1.165, 1.54) is 0 Å². The van der Waals surface area contributed by atoms with Gasteiger partial charge in [0.25, 0.3) is 0 Å². The van der Waals surface area contributed by atoms with Crippen LogP contribution in [0.2, 0.25) is 0 Å². The van der Waals surface area contributed by atoms with E-state index in [4.69, 9.17) is 105 Å². The van der Waals surface area contributed by atoms with E-state index in [1.54, 1.807) is 0 Å². The lowest BCUT2D eigenvalue weighted by Gasteiger charge is -2.19. The number of amides is 1. The summed E-state index contributed by atoms with van der Waals surface area (Å²) in [5.74, 6) is 0. The highest BCUT2D eigenvalue weighted by atomic mass is 16.6. The van der Waals surface area contributed by atoms with Crippen LogP contribution in [0, 0.1) is 0 Å². The molecule has 0 aliphatic carbocycles. The van der Waals surface area contributed by atoms with Gasteiger partial charge in [-0.15, -0.1) is 0 Å². The minimum Gasteiger partial charge on any atom is -0.444 e. The maximum atomic E-state index is 11.5. The molecule has 426 valence electrons. The van der Waals surface area contributed by atoms with Gasteiger partial charge in [0.15, 0.2) is 0 Å². The average molecular weight is 1040 g/mol. The van der Waals surface area contributed by atoms with Gasteiger partial charge in [0, 0.05) is 6.54 Å². The van der Waals surface area contributed by atoms with E-state index in [1.807, 2.05) is 20.8 Å². The van der Waals surface area contributed by atoms with Gasteiger partial charge in [0.2, 0.25) is 0 Å². The Hall–Kier alpha value is -1.57. The van der Waals surface area contributed by atoms with Crippen molar-refractivity contribution in [3.05, 3.63) is 0 Å². The summed E-state index contributed by atoms with van der Waals surface area (Å²) in [5, 5.41) is 11.2. The molecule has 0 aromatic carbocycles. The van der Waals surface area contributed by atoms with Crippen LogP contribution >= 0.6 is 0 Å². The van der Waals surface area contributed by atoms with Gasteiger partial charge in [-0.1, -0.05) is 0 Å². The van der Waals surface area contributed by atoms with Crippen LogP contribution in [0.15, 0.2) is 0 Å². The van der Waals surface area contributed by atoms with E-state index >= 15 is 0 Å². The van der Waals surface area contributed by atoms with Crippen LogP contribution in [-0.2, 0) is 99.5 Å². The lowest BCUT2D eigenvalue weighted by molar-refractivity contribution is -0.0314. The van der Waals surface area contributed by atoms with E-state index < -0.39 is 11.7 Å². The highest BCUT2D eigenvalue weighted by Gasteiger charge is 2.15. The van der Waals surface area contributed by atoms with E-state index in [-0.39, 0.29) is 6.61 Å². The van der Waals surface area contributed by atoms with Crippen molar-refractivity contribution in [3.8, 4) is 0 Å². The summed E-state index contributed by atoms with van der Waals surface area (Å²) < 4.78 is 114. The molecule has 71 heavy (non-hydrogen) atoms. The molecule has 0 aliphatic rings. The number of hydrogen-bond donors (Lipinski definition) is 2. The van der Waals surface area contributed by atoms with Crippen molar-refractivity contribution in [1.29, 1.82) is 0 Å². The number of carbonyl (C=O) groups is 1. The monoisotopic (exact) mass is 1040 g/mol. The Labute approximate surface area is 423 Å². The molecule has 2 N–H and O–H groups in total. The number of nitrogens with one attached hydrogen (secondary N) is 1.